The van der Waals surface area contributed by atoms with Crippen molar-refractivity contribution < 1.29 is 8.42 Å². The van der Waals surface area contributed by atoms with Crippen molar-refractivity contribution in [1.29, 1.82) is 0 Å². The Morgan fingerprint density at radius 2 is 1.75 bits per heavy atom. The zero-order valence-electron chi connectivity index (χ0n) is 10.3. The Hall–Kier alpha value is -0.0900. The summed E-state index contributed by atoms with van der Waals surface area (Å²) in [4.78, 5) is 0. The lowest BCUT2D eigenvalue weighted by Crippen LogP contribution is -2.30. The van der Waals surface area contributed by atoms with Gasteiger partial charge in [-0.2, -0.15) is 0 Å². The molecule has 0 bridgehead atoms. The highest BCUT2D eigenvalue weighted by Crippen LogP contribution is 2.26. The third-order valence-electron chi connectivity index (χ3n) is 3.56. The van der Waals surface area contributed by atoms with Gasteiger partial charge in [0.1, 0.15) is 9.84 Å². The molecule has 0 aromatic heterocycles. The summed E-state index contributed by atoms with van der Waals surface area (Å²) in [6, 6.07) is 0.208. The maximum atomic E-state index is 11.0. The van der Waals surface area contributed by atoms with Gasteiger partial charge in [0.15, 0.2) is 0 Å². The van der Waals surface area contributed by atoms with Gasteiger partial charge in [-0.15, -0.1) is 0 Å². The van der Waals surface area contributed by atoms with E-state index in [0.717, 1.165) is 12.8 Å². The molecule has 16 heavy (non-hydrogen) atoms. The fourth-order valence-electron chi connectivity index (χ4n) is 2.56. The summed E-state index contributed by atoms with van der Waals surface area (Å²) in [6.07, 6.45) is 10.6. The van der Waals surface area contributed by atoms with Gasteiger partial charge in [-0.3, -0.25) is 0 Å². The zero-order chi connectivity index (χ0) is 12.0. The molecule has 0 amide bonds. The summed E-state index contributed by atoms with van der Waals surface area (Å²) < 4.78 is 22.0. The van der Waals surface area contributed by atoms with E-state index >= 15 is 0 Å². The van der Waals surface area contributed by atoms with Crippen LogP contribution in [0.15, 0.2) is 0 Å². The molecular formula is C12H25NO2S. The predicted molar refractivity (Wildman–Crippen MR) is 68.1 cm³/mol. The number of rotatable bonds is 5. The first kappa shape index (κ1) is 14.0. The Kier molecular flexibility index (Phi) is 5.76. The topological polar surface area (TPSA) is 60.2 Å². The maximum absolute atomic E-state index is 11.0. The van der Waals surface area contributed by atoms with Crippen molar-refractivity contribution in [3.8, 4) is 0 Å². The number of hydrogen-bond acceptors (Lipinski definition) is 3. The SMILES string of the molecule is CS(=O)(=O)CCCC(N)C1CCCCCC1. The van der Waals surface area contributed by atoms with Gasteiger partial charge in [-0.25, -0.2) is 8.42 Å². The fraction of sp³-hybridized carbons (Fsp3) is 1.00. The number of hydrogen-bond donors (Lipinski definition) is 1. The molecular weight excluding hydrogens is 222 g/mol. The van der Waals surface area contributed by atoms with E-state index in [2.05, 4.69) is 0 Å². The molecule has 1 aliphatic carbocycles. The normalized spacial score (nSPS) is 21.6. The lowest BCUT2D eigenvalue weighted by atomic mass is 9.90. The Labute approximate surface area is 99.7 Å². The van der Waals surface area contributed by atoms with Crippen molar-refractivity contribution in [3.63, 3.8) is 0 Å². The van der Waals surface area contributed by atoms with E-state index in [4.69, 9.17) is 5.73 Å². The Morgan fingerprint density at radius 1 is 1.19 bits per heavy atom. The van der Waals surface area contributed by atoms with Gasteiger partial charge >= 0.3 is 0 Å². The summed E-state index contributed by atoms with van der Waals surface area (Å²) in [6.45, 7) is 0. The molecule has 0 aromatic carbocycles. The summed E-state index contributed by atoms with van der Waals surface area (Å²) in [5.41, 5.74) is 6.15. The van der Waals surface area contributed by atoms with Crippen LogP contribution < -0.4 is 5.73 Å². The average molecular weight is 247 g/mol. The van der Waals surface area contributed by atoms with Gasteiger partial charge in [-0.1, -0.05) is 25.7 Å². The second-order valence-corrected chi connectivity index (χ2v) is 7.45. The number of sulfone groups is 1. The van der Waals surface area contributed by atoms with Crippen molar-refractivity contribution >= 4 is 9.84 Å². The molecule has 0 spiro atoms. The van der Waals surface area contributed by atoms with Crippen molar-refractivity contribution in [3.05, 3.63) is 0 Å². The van der Waals surface area contributed by atoms with Crippen molar-refractivity contribution in [1.82, 2.24) is 0 Å². The van der Waals surface area contributed by atoms with Gasteiger partial charge in [0.05, 0.1) is 0 Å². The third kappa shape index (κ3) is 5.85. The van der Waals surface area contributed by atoms with E-state index in [1.807, 2.05) is 0 Å². The molecule has 0 aromatic rings. The molecule has 96 valence electrons. The summed E-state index contributed by atoms with van der Waals surface area (Å²) in [5, 5.41) is 0. The zero-order valence-corrected chi connectivity index (χ0v) is 11.1. The fourth-order valence-corrected chi connectivity index (χ4v) is 3.25. The highest BCUT2D eigenvalue weighted by atomic mass is 32.2. The molecule has 0 radical (unpaired) electrons. The van der Waals surface area contributed by atoms with Crippen LogP contribution in [0.2, 0.25) is 0 Å². The highest BCUT2D eigenvalue weighted by Gasteiger charge is 2.19. The molecule has 1 rings (SSSR count). The molecule has 1 aliphatic rings. The van der Waals surface area contributed by atoms with Crippen LogP contribution in [0.5, 0.6) is 0 Å². The summed E-state index contributed by atoms with van der Waals surface area (Å²) in [7, 11) is -2.81. The maximum Gasteiger partial charge on any atom is 0.147 e. The smallest absolute Gasteiger partial charge is 0.147 e. The van der Waals surface area contributed by atoms with Crippen LogP contribution in [0.4, 0.5) is 0 Å². The monoisotopic (exact) mass is 247 g/mol. The van der Waals surface area contributed by atoms with Crippen LogP contribution in [0.25, 0.3) is 0 Å². The average Bonchev–Trinajstić information content (AvgIpc) is 2.43. The largest absolute Gasteiger partial charge is 0.327 e. The molecule has 2 N–H and O–H groups in total. The summed E-state index contributed by atoms with van der Waals surface area (Å²) in [5.74, 6) is 0.912. The van der Waals surface area contributed by atoms with Crippen LogP contribution in [0.3, 0.4) is 0 Å². The first-order valence-corrected chi connectivity index (χ1v) is 8.48. The van der Waals surface area contributed by atoms with Gasteiger partial charge in [0.2, 0.25) is 0 Å². The molecule has 1 unspecified atom stereocenters. The lowest BCUT2D eigenvalue weighted by molar-refractivity contribution is 0.357. The Bertz CT molecular complexity index is 279. The Morgan fingerprint density at radius 3 is 2.25 bits per heavy atom. The molecule has 1 fully saturated rings. The van der Waals surface area contributed by atoms with E-state index in [9.17, 15) is 8.42 Å². The number of nitrogens with two attached hydrogens (primary N) is 1. The molecule has 1 saturated carbocycles. The third-order valence-corrected chi connectivity index (χ3v) is 4.59. The predicted octanol–water partition coefficient (Wildman–Crippen LogP) is 2.11. The minimum atomic E-state index is -2.81. The minimum absolute atomic E-state index is 0.208. The van der Waals surface area contributed by atoms with Crippen LogP contribution >= 0.6 is 0 Å². The molecule has 0 heterocycles. The van der Waals surface area contributed by atoms with Crippen LogP contribution in [-0.4, -0.2) is 26.5 Å². The Balaban J connectivity index is 2.25. The van der Waals surface area contributed by atoms with Crippen LogP contribution in [0, 0.1) is 5.92 Å². The van der Waals surface area contributed by atoms with Crippen LogP contribution in [0.1, 0.15) is 51.4 Å². The van der Waals surface area contributed by atoms with Crippen molar-refractivity contribution in [2.75, 3.05) is 12.0 Å². The highest BCUT2D eigenvalue weighted by molar-refractivity contribution is 7.90. The van der Waals surface area contributed by atoms with Gasteiger partial charge in [-0.05, 0) is 31.6 Å². The minimum Gasteiger partial charge on any atom is -0.327 e. The molecule has 4 heteroatoms. The van der Waals surface area contributed by atoms with Crippen molar-refractivity contribution in [2.24, 2.45) is 11.7 Å². The van der Waals surface area contributed by atoms with E-state index < -0.39 is 9.84 Å². The molecule has 1 atom stereocenters. The lowest BCUT2D eigenvalue weighted by Gasteiger charge is -2.22. The van der Waals surface area contributed by atoms with E-state index in [1.165, 1.54) is 44.8 Å². The molecule has 0 aliphatic heterocycles. The van der Waals surface area contributed by atoms with E-state index in [1.54, 1.807) is 0 Å². The molecule has 0 saturated heterocycles. The van der Waals surface area contributed by atoms with Crippen molar-refractivity contribution in [2.45, 2.75) is 57.4 Å². The van der Waals surface area contributed by atoms with Gasteiger partial charge < -0.3 is 5.73 Å². The first-order chi connectivity index (χ1) is 7.49. The molecule has 3 nitrogen and oxygen atoms in total. The van der Waals surface area contributed by atoms with E-state index in [-0.39, 0.29) is 11.8 Å². The quantitative estimate of drug-likeness (QED) is 0.757. The second-order valence-electron chi connectivity index (χ2n) is 5.19. The first-order valence-electron chi connectivity index (χ1n) is 6.42. The second kappa shape index (κ2) is 6.60. The van der Waals surface area contributed by atoms with Gasteiger partial charge in [0.25, 0.3) is 0 Å². The van der Waals surface area contributed by atoms with Gasteiger partial charge in [0, 0.05) is 18.1 Å². The standard InChI is InChI=1S/C12H25NO2S/c1-16(14,15)10-6-9-12(13)11-7-4-2-3-5-8-11/h11-12H,2-10,13H2,1H3. The van der Waals surface area contributed by atoms with Crippen LogP contribution in [-0.2, 0) is 9.84 Å². The summed E-state index contributed by atoms with van der Waals surface area (Å²) >= 11 is 0. The van der Waals surface area contributed by atoms with E-state index in [0.29, 0.717) is 5.92 Å².